The molecule has 0 atom stereocenters. The maximum absolute atomic E-state index is 12.5. The van der Waals surface area contributed by atoms with E-state index in [1.165, 1.54) is 6.07 Å². The number of nitrogens with zero attached hydrogens (tertiary/aromatic N) is 1. The van der Waals surface area contributed by atoms with Gasteiger partial charge < -0.3 is 19.5 Å². The van der Waals surface area contributed by atoms with Crippen LogP contribution in [0.5, 0.6) is 11.5 Å². The monoisotopic (exact) mass is 389 g/mol. The highest BCUT2D eigenvalue weighted by atomic mass is 35.5. The van der Waals surface area contributed by atoms with Gasteiger partial charge in [-0.2, -0.15) is 0 Å². The number of ether oxygens (including phenoxy) is 2. The predicted octanol–water partition coefficient (Wildman–Crippen LogP) is 3.96. The summed E-state index contributed by atoms with van der Waals surface area (Å²) in [7, 11) is 0. The fraction of sp³-hybridized carbons (Fsp3) is 0.300. The van der Waals surface area contributed by atoms with Gasteiger partial charge >= 0.3 is 5.97 Å². The maximum Gasteiger partial charge on any atom is 0.339 e. The van der Waals surface area contributed by atoms with E-state index >= 15 is 0 Å². The standard InChI is InChI=1S/C20H20ClNO5/c1-3-22(4-2)19(23)14-6-5-12(10-16(14)21)13-9-15(20(24)25)18-17(11-13)26-7-8-27-18/h5-6,9-11H,3-4,7-8H2,1-2H3,(H,24,25). The van der Waals surface area contributed by atoms with Gasteiger partial charge in [-0.3, -0.25) is 4.79 Å². The van der Waals surface area contributed by atoms with E-state index in [0.717, 1.165) is 0 Å². The third kappa shape index (κ3) is 3.71. The number of aromatic carboxylic acids is 1. The van der Waals surface area contributed by atoms with Crippen molar-refractivity contribution in [3.8, 4) is 22.6 Å². The van der Waals surface area contributed by atoms with Gasteiger partial charge in [-0.15, -0.1) is 0 Å². The summed E-state index contributed by atoms with van der Waals surface area (Å²) in [5.74, 6) is -0.615. The lowest BCUT2D eigenvalue weighted by molar-refractivity contribution is 0.0685. The van der Waals surface area contributed by atoms with Gasteiger partial charge in [0.25, 0.3) is 5.91 Å². The Bertz CT molecular complexity index is 892. The first-order valence-electron chi connectivity index (χ1n) is 8.72. The van der Waals surface area contributed by atoms with Crippen molar-refractivity contribution < 1.29 is 24.2 Å². The van der Waals surface area contributed by atoms with E-state index in [0.29, 0.717) is 53.8 Å². The highest BCUT2D eigenvalue weighted by Crippen LogP contribution is 2.39. The first-order valence-corrected chi connectivity index (χ1v) is 9.10. The SMILES string of the molecule is CCN(CC)C(=O)c1ccc(-c2cc3c(c(C(=O)O)c2)OCCO3)cc1Cl. The van der Waals surface area contributed by atoms with Crippen molar-refractivity contribution in [2.24, 2.45) is 0 Å². The molecule has 1 heterocycles. The van der Waals surface area contributed by atoms with Crippen LogP contribution in [0, 0.1) is 0 Å². The number of hydrogen-bond acceptors (Lipinski definition) is 4. The van der Waals surface area contributed by atoms with Crippen molar-refractivity contribution in [2.45, 2.75) is 13.8 Å². The molecule has 3 rings (SSSR count). The molecule has 0 aliphatic carbocycles. The van der Waals surface area contributed by atoms with Crippen LogP contribution in [0.3, 0.4) is 0 Å². The third-order valence-corrected chi connectivity index (χ3v) is 4.77. The first-order chi connectivity index (χ1) is 13.0. The van der Waals surface area contributed by atoms with E-state index in [1.54, 1.807) is 29.2 Å². The van der Waals surface area contributed by atoms with Gasteiger partial charge in [0.15, 0.2) is 11.5 Å². The Kier molecular flexibility index (Phi) is 5.56. The molecule has 0 fully saturated rings. The molecule has 1 amide bonds. The zero-order chi connectivity index (χ0) is 19.6. The summed E-state index contributed by atoms with van der Waals surface area (Å²) in [4.78, 5) is 25.8. The highest BCUT2D eigenvalue weighted by molar-refractivity contribution is 6.34. The minimum Gasteiger partial charge on any atom is -0.486 e. The summed E-state index contributed by atoms with van der Waals surface area (Å²) >= 11 is 6.36. The number of carbonyl (C=O) groups excluding carboxylic acids is 1. The quantitative estimate of drug-likeness (QED) is 0.837. The first kappa shape index (κ1) is 19.0. The van der Waals surface area contributed by atoms with Crippen molar-refractivity contribution in [3.05, 3.63) is 46.5 Å². The number of carbonyl (C=O) groups is 2. The van der Waals surface area contributed by atoms with Crippen molar-refractivity contribution >= 4 is 23.5 Å². The van der Waals surface area contributed by atoms with E-state index in [2.05, 4.69) is 0 Å². The molecule has 0 aromatic heterocycles. The Hall–Kier alpha value is -2.73. The molecule has 0 saturated heterocycles. The summed E-state index contributed by atoms with van der Waals surface area (Å²) in [6.45, 7) is 5.67. The molecule has 0 radical (unpaired) electrons. The largest absolute Gasteiger partial charge is 0.486 e. The number of rotatable bonds is 5. The van der Waals surface area contributed by atoms with E-state index in [1.807, 2.05) is 13.8 Å². The molecule has 142 valence electrons. The lowest BCUT2D eigenvalue weighted by Crippen LogP contribution is -2.30. The second kappa shape index (κ2) is 7.88. The average molecular weight is 390 g/mol. The topological polar surface area (TPSA) is 76.1 Å². The molecule has 0 saturated carbocycles. The van der Waals surface area contributed by atoms with Crippen LogP contribution in [0.25, 0.3) is 11.1 Å². The molecule has 0 unspecified atom stereocenters. The van der Waals surface area contributed by atoms with Crippen LogP contribution >= 0.6 is 11.6 Å². The Morgan fingerprint density at radius 1 is 1.04 bits per heavy atom. The number of hydrogen-bond donors (Lipinski definition) is 1. The molecule has 2 aromatic rings. The van der Waals surface area contributed by atoms with Gasteiger partial charge in [-0.1, -0.05) is 17.7 Å². The average Bonchev–Trinajstić information content (AvgIpc) is 2.67. The zero-order valence-electron chi connectivity index (χ0n) is 15.1. The molecule has 1 aliphatic rings. The molecule has 1 N–H and O–H groups in total. The van der Waals surface area contributed by atoms with Gasteiger partial charge in [-0.05, 0) is 49.2 Å². The van der Waals surface area contributed by atoms with Crippen LogP contribution in [-0.4, -0.2) is 48.2 Å². The van der Waals surface area contributed by atoms with Crippen molar-refractivity contribution in [3.63, 3.8) is 0 Å². The van der Waals surface area contributed by atoms with Gasteiger partial charge in [-0.25, -0.2) is 4.79 Å². The molecule has 27 heavy (non-hydrogen) atoms. The van der Waals surface area contributed by atoms with E-state index in [4.69, 9.17) is 21.1 Å². The molecule has 7 heteroatoms. The number of fused-ring (bicyclic) bond motifs is 1. The fourth-order valence-corrected chi connectivity index (χ4v) is 3.29. The number of carboxylic acid groups (broad SMARTS) is 1. The van der Waals surface area contributed by atoms with Gasteiger partial charge in [0.2, 0.25) is 0 Å². The van der Waals surface area contributed by atoms with Crippen LogP contribution in [0.1, 0.15) is 34.6 Å². The summed E-state index contributed by atoms with van der Waals surface area (Å²) in [6, 6.07) is 8.32. The lowest BCUT2D eigenvalue weighted by Gasteiger charge is -2.21. The Morgan fingerprint density at radius 2 is 1.74 bits per heavy atom. The number of benzene rings is 2. The van der Waals surface area contributed by atoms with Crippen molar-refractivity contribution in [1.29, 1.82) is 0 Å². The molecule has 2 aromatic carbocycles. The summed E-state index contributed by atoms with van der Waals surface area (Å²) in [5, 5.41) is 9.80. The summed E-state index contributed by atoms with van der Waals surface area (Å²) in [5.41, 5.74) is 1.76. The predicted molar refractivity (Wildman–Crippen MR) is 102 cm³/mol. The number of halogens is 1. The number of carboxylic acids is 1. The lowest BCUT2D eigenvalue weighted by atomic mass is 9.99. The van der Waals surface area contributed by atoms with Gasteiger partial charge in [0.05, 0.1) is 10.6 Å². The molecule has 0 bridgehead atoms. The summed E-state index contributed by atoms with van der Waals surface area (Å²) < 4.78 is 11.0. The second-order valence-electron chi connectivity index (χ2n) is 6.03. The molecule has 6 nitrogen and oxygen atoms in total. The molecular formula is C20H20ClNO5. The zero-order valence-corrected chi connectivity index (χ0v) is 15.9. The Morgan fingerprint density at radius 3 is 2.37 bits per heavy atom. The maximum atomic E-state index is 12.5. The Balaban J connectivity index is 2.02. The Labute approximate surface area is 162 Å². The fourth-order valence-electron chi connectivity index (χ4n) is 3.03. The molecule has 1 aliphatic heterocycles. The summed E-state index contributed by atoms with van der Waals surface area (Å²) in [6.07, 6.45) is 0. The minimum absolute atomic E-state index is 0.0293. The van der Waals surface area contributed by atoms with Crippen molar-refractivity contribution in [1.82, 2.24) is 4.90 Å². The van der Waals surface area contributed by atoms with Gasteiger partial charge in [0, 0.05) is 13.1 Å². The van der Waals surface area contributed by atoms with Crippen LogP contribution < -0.4 is 9.47 Å². The van der Waals surface area contributed by atoms with Crippen LogP contribution in [0.15, 0.2) is 30.3 Å². The molecular weight excluding hydrogens is 370 g/mol. The normalized spacial score (nSPS) is 12.6. The third-order valence-electron chi connectivity index (χ3n) is 4.46. The van der Waals surface area contributed by atoms with Gasteiger partial charge in [0.1, 0.15) is 18.8 Å². The number of amides is 1. The smallest absolute Gasteiger partial charge is 0.339 e. The van der Waals surface area contributed by atoms with E-state index < -0.39 is 5.97 Å². The van der Waals surface area contributed by atoms with Crippen LogP contribution in [-0.2, 0) is 0 Å². The highest BCUT2D eigenvalue weighted by Gasteiger charge is 2.23. The second-order valence-corrected chi connectivity index (χ2v) is 6.43. The minimum atomic E-state index is -1.10. The van der Waals surface area contributed by atoms with E-state index in [9.17, 15) is 14.7 Å². The molecule has 0 spiro atoms. The van der Waals surface area contributed by atoms with Crippen LogP contribution in [0.4, 0.5) is 0 Å². The van der Waals surface area contributed by atoms with E-state index in [-0.39, 0.29) is 17.2 Å². The van der Waals surface area contributed by atoms with Crippen molar-refractivity contribution in [2.75, 3.05) is 26.3 Å². The van der Waals surface area contributed by atoms with Crippen LogP contribution in [0.2, 0.25) is 5.02 Å².